The van der Waals surface area contributed by atoms with Gasteiger partial charge in [0.05, 0.1) is 15.5 Å². The molecule has 0 bridgehead atoms. The maximum Gasteiger partial charge on any atom is 0.270 e. The predicted molar refractivity (Wildman–Crippen MR) is 127 cm³/mol. The summed E-state index contributed by atoms with van der Waals surface area (Å²) in [5.41, 5.74) is 2.46. The molecule has 0 unspecified atom stereocenters. The predicted octanol–water partition coefficient (Wildman–Crippen LogP) is 5.33. The van der Waals surface area contributed by atoms with Crippen molar-refractivity contribution in [3.05, 3.63) is 81.4 Å². The van der Waals surface area contributed by atoms with Crippen molar-refractivity contribution in [1.29, 1.82) is 0 Å². The van der Waals surface area contributed by atoms with E-state index in [1.165, 1.54) is 28.8 Å². The van der Waals surface area contributed by atoms with Gasteiger partial charge in [-0.25, -0.2) is 0 Å². The summed E-state index contributed by atoms with van der Waals surface area (Å²) in [6, 6.07) is 17.2. The van der Waals surface area contributed by atoms with Crippen molar-refractivity contribution < 1.29 is 14.1 Å². The number of amides is 1. The van der Waals surface area contributed by atoms with Crippen LogP contribution in [0.15, 0.2) is 70.0 Å². The zero-order valence-electron chi connectivity index (χ0n) is 16.6. The van der Waals surface area contributed by atoms with Crippen LogP contribution in [-0.4, -0.2) is 29.2 Å². The van der Waals surface area contributed by atoms with Crippen LogP contribution in [-0.2, 0) is 4.79 Å². The third-order valence-electron chi connectivity index (χ3n) is 4.68. The van der Waals surface area contributed by atoms with Gasteiger partial charge in [-0.3, -0.25) is 19.8 Å². The summed E-state index contributed by atoms with van der Waals surface area (Å²) in [4.78, 5) is 27.3. The van der Waals surface area contributed by atoms with Crippen molar-refractivity contribution >= 4 is 57.3 Å². The molecule has 0 spiro atoms. The Bertz CT molecular complexity index is 1200. The van der Waals surface area contributed by atoms with Crippen LogP contribution < -0.4 is 9.80 Å². The summed E-state index contributed by atoms with van der Waals surface area (Å²) in [6.07, 6.45) is 1.66. The lowest BCUT2D eigenvalue weighted by Crippen LogP contribution is -2.27. The minimum atomic E-state index is -0.451. The maximum absolute atomic E-state index is 13.0. The second-order valence-electron chi connectivity index (χ2n) is 6.93. The molecule has 1 fully saturated rings. The molecule has 1 saturated heterocycles. The highest BCUT2D eigenvalue weighted by atomic mass is 32.2. The van der Waals surface area contributed by atoms with E-state index < -0.39 is 4.92 Å². The number of nitrogens with zero attached hydrogens (tertiary/aromatic N) is 3. The Morgan fingerprint density at radius 1 is 1.06 bits per heavy atom. The first-order valence-electron chi connectivity index (χ1n) is 9.23. The van der Waals surface area contributed by atoms with Gasteiger partial charge in [-0.2, -0.15) is 0 Å². The van der Waals surface area contributed by atoms with E-state index in [1.54, 1.807) is 30.3 Å². The number of hydrogen-bond acceptors (Lipinski definition) is 7. The number of nitro benzene ring substituents is 1. The zero-order chi connectivity index (χ0) is 22.1. The average Bonchev–Trinajstić information content (AvgIpc) is 3.32. The van der Waals surface area contributed by atoms with Crippen molar-refractivity contribution in [1.82, 2.24) is 0 Å². The highest BCUT2D eigenvalue weighted by molar-refractivity contribution is 8.27. The molecule has 1 aliphatic heterocycles. The average molecular weight is 452 g/mol. The van der Waals surface area contributed by atoms with Crippen LogP contribution in [0.3, 0.4) is 0 Å². The molecule has 0 aliphatic carbocycles. The standard InChI is InChI=1S/C22H17N3O4S2/c1-23(2)15-7-9-16(10-8-15)24-21(26)20(31-22(24)30)13-18-11-12-19(29-18)14-3-5-17(6-4-14)25(27)28/h3-13H,1-2H3/b20-13+. The van der Waals surface area contributed by atoms with Crippen LogP contribution in [0.25, 0.3) is 17.4 Å². The Labute approximate surface area is 188 Å². The topological polar surface area (TPSA) is 79.8 Å². The minimum absolute atomic E-state index is 0.0119. The van der Waals surface area contributed by atoms with Gasteiger partial charge >= 0.3 is 0 Å². The summed E-state index contributed by atoms with van der Waals surface area (Å²) in [5.74, 6) is 0.841. The van der Waals surface area contributed by atoms with E-state index in [4.69, 9.17) is 16.6 Å². The van der Waals surface area contributed by atoms with E-state index in [0.717, 1.165) is 5.69 Å². The van der Waals surface area contributed by atoms with Gasteiger partial charge < -0.3 is 9.32 Å². The molecular weight excluding hydrogens is 434 g/mol. The van der Waals surface area contributed by atoms with E-state index in [1.807, 2.05) is 43.3 Å². The second kappa shape index (κ2) is 8.37. The molecule has 2 aromatic carbocycles. The van der Waals surface area contributed by atoms with Gasteiger partial charge in [0.25, 0.3) is 11.6 Å². The largest absolute Gasteiger partial charge is 0.457 e. The molecule has 31 heavy (non-hydrogen) atoms. The lowest BCUT2D eigenvalue weighted by molar-refractivity contribution is -0.384. The van der Waals surface area contributed by atoms with E-state index in [9.17, 15) is 14.9 Å². The number of non-ortho nitro benzene ring substituents is 1. The summed E-state index contributed by atoms with van der Waals surface area (Å²) in [5, 5.41) is 10.8. The number of thioether (sulfide) groups is 1. The first kappa shape index (κ1) is 20.8. The summed E-state index contributed by atoms with van der Waals surface area (Å²) >= 11 is 6.64. The Hall–Kier alpha value is -3.43. The molecule has 2 heterocycles. The quantitative estimate of drug-likeness (QED) is 0.225. The fourth-order valence-corrected chi connectivity index (χ4v) is 4.33. The maximum atomic E-state index is 13.0. The summed E-state index contributed by atoms with van der Waals surface area (Å²) in [7, 11) is 3.90. The summed E-state index contributed by atoms with van der Waals surface area (Å²) < 4.78 is 6.27. The smallest absolute Gasteiger partial charge is 0.270 e. The molecule has 0 atom stereocenters. The molecule has 0 radical (unpaired) electrons. The molecule has 1 amide bonds. The number of carbonyl (C=O) groups excluding carboxylic acids is 1. The van der Waals surface area contributed by atoms with Crippen LogP contribution in [0.4, 0.5) is 17.1 Å². The van der Waals surface area contributed by atoms with Gasteiger partial charge in [0.15, 0.2) is 4.32 Å². The number of carbonyl (C=O) groups is 1. The van der Waals surface area contributed by atoms with E-state index in [0.29, 0.717) is 32.0 Å². The highest BCUT2D eigenvalue weighted by Crippen LogP contribution is 2.37. The van der Waals surface area contributed by atoms with Crippen molar-refractivity contribution in [2.45, 2.75) is 0 Å². The number of thiocarbonyl (C=S) groups is 1. The second-order valence-corrected chi connectivity index (χ2v) is 8.61. The van der Waals surface area contributed by atoms with Gasteiger partial charge in [0.1, 0.15) is 11.5 Å². The molecule has 0 N–H and O–H groups in total. The highest BCUT2D eigenvalue weighted by Gasteiger charge is 2.33. The van der Waals surface area contributed by atoms with E-state index in [2.05, 4.69) is 0 Å². The number of hydrogen-bond donors (Lipinski definition) is 0. The fraction of sp³-hybridized carbons (Fsp3) is 0.0909. The number of benzene rings is 2. The van der Waals surface area contributed by atoms with Gasteiger partial charge in [0.2, 0.25) is 0 Å². The van der Waals surface area contributed by atoms with Crippen molar-refractivity contribution in [3.63, 3.8) is 0 Å². The molecular formula is C22H17N3O4S2. The Morgan fingerprint density at radius 2 is 1.74 bits per heavy atom. The molecule has 1 aromatic heterocycles. The molecule has 0 saturated carbocycles. The van der Waals surface area contributed by atoms with Crippen molar-refractivity contribution in [2.75, 3.05) is 23.9 Å². The molecule has 1 aliphatic rings. The monoisotopic (exact) mass is 451 g/mol. The first-order valence-corrected chi connectivity index (χ1v) is 10.5. The Morgan fingerprint density at radius 3 is 2.35 bits per heavy atom. The minimum Gasteiger partial charge on any atom is -0.457 e. The molecule has 7 nitrogen and oxygen atoms in total. The van der Waals surface area contributed by atoms with Crippen LogP contribution in [0.5, 0.6) is 0 Å². The van der Waals surface area contributed by atoms with Gasteiger partial charge in [-0.15, -0.1) is 0 Å². The van der Waals surface area contributed by atoms with Gasteiger partial charge in [0, 0.05) is 43.6 Å². The van der Waals surface area contributed by atoms with Crippen LogP contribution in [0.1, 0.15) is 5.76 Å². The molecule has 4 rings (SSSR count). The van der Waals surface area contributed by atoms with Crippen LogP contribution in [0.2, 0.25) is 0 Å². The van der Waals surface area contributed by atoms with Gasteiger partial charge in [-0.05, 0) is 48.5 Å². The number of furan rings is 1. The van der Waals surface area contributed by atoms with Crippen molar-refractivity contribution in [2.24, 2.45) is 0 Å². The fourth-order valence-electron chi connectivity index (χ4n) is 3.05. The van der Waals surface area contributed by atoms with Crippen LogP contribution >= 0.6 is 24.0 Å². The first-order chi connectivity index (χ1) is 14.8. The number of nitro groups is 1. The van der Waals surface area contributed by atoms with Gasteiger partial charge in [-0.1, -0.05) is 24.0 Å². The molecule has 156 valence electrons. The Kier molecular flexibility index (Phi) is 5.62. The molecule has 9 heteroatoms. The number of rotatable bonds is 5. The van der Waals surface area contributed by atoms with E-state index >= 15 is 0 Å². The van der Waals surface area contributed by atoms with Crippen molar-refractivity contribution in [3.8, 4) is 11.3 Å². The molecule has 3 aromatic rings. The lowest BCUT2D eigenvalue weighted by atomic mass is 10.1. The SMILES string of the molecule is CN(C)c1ccc(N2C(=O)/C(=C\c3ccc(-c4ccc([N+](=O)[O-])cc4)o3)SC2=S)cc1. The number of anilines is 2. The normalized spacial score (nSPS) is 15.0. The lowest BCUT2D eigenvalue weighted by Gasteiger charge is -2.17. The zero-order valence-corrected chi connectivity index (χ0v) is 18.3. The summed E-state index contributed by atoms with van der Waals surface area (Å²) in [6.45, 7) is 0. The van der Waals surface area contributed by atoms with Crippen LogP contribution in [0, 0.1) is 10.1 Å². The third-order valence-corrected chi connectivity index (χ3v) is 5.98. The Balaban J connectivity index is 1.55. The third kappa shape index (κ3) is 4.23. The van der Waals surface area contributed by atoms with E-state index in [-0.39, 0.29) is 11.6 Å².